The average Bonchev–Trinajstić information content (AvgIpc) is 3.20. The maximum absolute atomic E-state index is 9.30. The number of hydrogen-bond acceptors (Lipinski definition) is 13. The van der Waals surface area contributed by atoms with Gasteiger partial charge in [-0.2, -0.15) is 0 Å². The Balaban J connectivity index is 1.83. The Morgan fingerprint density at radius 1 is 0.739 bits per heavy atom. The van der Waals surface area contributed by atoms with Crippen molar-refractivity contribution in [2.75, 3.05) is 24.7 Å². The summed E-state index contributed by atoms with van der Waals surface area (Å²) in [5.74, 6) is 0.727. The van der Waals surface area contributed by atoms with Gasteiger partial charge in [-0.1, -0.05) is 46.2 Å². The highest BCUT2D eigenvalue weighted by molar-refractivity contribution is 8.05. The van der Waals surface area contributed by atoms with E-state index in [0.29, 0.717) is 28.9 Å². The zero-order chi connectivity index (χ0) is 16.7. The number of rotatable bonds is 10. The third-order valence-corrected chi connectivity index (χ3v) is 7.68. The molecule has 2 unspecified atom stereocenters. The van der Waals surface area contributed by atoms with Gasteiger partial charge >= 0.3 is 0 Å². The lowest BCUT2D eigenvalue weighted by Gasteiger charge is -2.02. The molecule has 128 valence electrons. The quantitative estimate of drug-likeness (QED) is 0.403. The van der Waals surface area contributed by atoms with Crippen LogP contribution in [0.2, 0.25) is 0 Å². The molecular weight excluding hydrogens is 400 g/mol. The fourth-order valence-electron chi connectivity index (χ4n) is 1.11. The van der Waals surface area contributed by atoms with E-state index in [9.17, 15) is 10.2 Å². The van der Waals surface area contributed by atoms with Gasteiger partial charge in [0.2, 0.25) is 0 Å². The fourth-order valence-corrected chi connectivity index (χ4v) is 6.23. The summed E-state index contributed by atoms with van der Waals surface area (Å²) in [5, 5.41) is 52.2. The number of aliphatic hydroxyl groups excluding tert-OH is 4. The van der Waals surface area contributed by atoms with Gasteiger partial charge in [-0.25, -0.2) is 0 Å². The molecular formula is C10H14N4O4S5. The van der Waals surface area contributed by atoms with E-state index in [1.807, 2.05) is 0 Å². The summed E-state index contributed by atoms with van der Waals surface area (Å²) in [6, 6.07) is 0. The van der Waals surface area contributed by atoms with Gasteiger partial charge in [0.25, 0.3) is 0 Å². The molecule has 2 rings (SSSR count). The lowest BCUT2D eigenvalue weighted by Crippen LogP contribution is -2.14. The number of hydrogen-bond donors (Lipinski definition) is 4. The van der Waals surface area contributed by atoms with Crippen molar-refractivity contribution in [2.24, 2.45) is 0 Å². The van der Waals surface area contributed by atoms with Crippen molar-refractivity contribution in [3.63, 3.8) is 0 Å². The largest absolute Gasteiger partial charge is 0.394 e. The van der Waals surface area contributed by atoms with E-state index in [0.717, 1.165) is 0 Å². The van der Waals surface area contributed by atoms with E-state index >= 15 is 0 Å². The van der Waals surface area contributed by atoms with Gasteiger partial charge < -0.3 is 20.4 Å². The molecule has 0 aromatic carbocycles. The van der Waals surface area contributed by atoms with Gasteiger partial charge in [-0.3, -0.25) is 0 Å². The second kappa shape index (κ2) is 10.1. The maximum Gasteiger partial charge on any atom is 0.182 e. The van der Waals surface area contributed by atoms with Crippen molar-refractivity contribution < 1.29 is 20.4 Å². The maximum atomic E-state index is 9.30. The molecule has 13 heteroatoms. The average molecular weight is 415 g/mol. The van der Waals surface area contributed by atoms with Gasteiger partial charge in [0.05, 0.1) is 25.4 Å². The molecule has 0 aliphatic heterocycles. The second-order valence-electron chi connectivity index (χ2n) is 4.06. The van der Waals surface area contributed by atoms with Crippen LogP contribution in [0.1, 0.15) is 0 Å². The van der Waals surface area contributed by atoms with Crippen LogP contribution < -0.4 is 0 Å². The van der Waals surface area contributed by atoms with E-state index < -0.39 is 12.2 Å². The first-order valence-corrected chi connectivity index (χ1v) is 10.7. The Bertz CT molecular complexity index is 547. The molecule has 0 fully saturated rings. The van der Waals surface area contributed by atoms with Crippen molar-refractivity contribution in [2.45, 2.75) is 29.6 Å². The molecule has 23 heavy (non-hydrogen) atoms. The molecule has 0 radical (unpaired) electrons. The van der Waals surface area contributed by atoms with Crippen LogP contribution >= 0.6 is 58.0 Å². The third kappa shape index (κ3) is 6.80. The molecule has 2 atom stereocenters. The summed E-state index contributed by atoms with van der Waals surface area (Å²) in [4.78, 5) is 0. The standard InChI is InChI=1S/C10H14N4O4S5/c15-1-5(17)3-19-7-11-13-9(21-7)23-10-14-12-8(22-10)20-4-6(18)2-16/h5-6,15-18H,1-4H2. The number of thioether (sulfide) groups is 2. The van der Waals surface area contributed by atoms with Crippen LogP contribution in [0.25, 0.3) is 0 Å². The van der Waals surface area contributed by atoms with Crippen LogP contribution in [-0.2, 0) is 0 Å². The lowest BCUT2D eigenvalue weighted by atomic mass is 10.4. The Hall–Kier alpha value is 0.01000. The molecule has 0 bridgehead atoms. The van der Waals surface area contributed by atoms with Crippen molar-refractivity contribution in [1.29, 1.82) is 0 Å². The fraction of sp³-hybridized carbons (Fsp3) is 0.600. The molecule has 0 spiro atoms. The normalized spacial score (nSPS) is 14.1. The monoisotopic (exact) mass is 414 g/mol. The van der Waals surface area contributed by atoms with Crippen LogP contribution in [0.4, 0.5) is 0 Å². The lowest BCUT2D eigenvalue weighted by molar-refractivity contribution is 0.113. The van der Waals surface area contributed by atoms with Crippen molar-refractivity contribution >= 4 is 58.0 Å². The zero-order valence-corrected chi connectivity index (χ0v) is 15.7. The van der Waals surface area contributed by atoms with Gasteiger partial charge in [0.15, 0.2) is 17.4 Å². The SMILES string of the molecule is OCC(O)CSc1nnc(Sc2nnc(SCC(O)CO)s2)s1. The summed E-state index contributed by atoms with van der Waals surface area (Å²) < 4.78 is 2.86. The van der Waals surface area contributed by atoms with E-state index in [4.69, 9.17) is 10.2 Å². The number of nitrogens with zero attached hydrogens (tertiary/aromatic N) is 4. The van der Waals surface area contributed by atoms with Gasteiger partial charge in [-0.05, 0) is 11.8 Å². The van der Waals surface area contributed by atoms with Crippen LogP contribution in [0.15, 0.2) is 17.4 Å². The van der Waals surface area contributed by atoms with E-state index in [1.165, 1.54) is 58.0 Å². The van der Waals surface area contributed by atoms with Crippen LogP contribution in [0.5, 0.6) is 0 Å². The predicted molar refractivity (Wildman–Crippen MR) is 91.6 cm³/mol. The third-order valence-electron chi connectivity index (χ3n) is 2.17. The molecule has 2 aromatic heterocycles. The minimum Gasteiger partial charge on any atom is -0.394 e. The van der Waals surface area contributed by atoms with Gasteiger partial charge in [0.1, 0.15) is 0 Å². The molecule has 8 nitrogen and oxygen atoms in total. The second-order valence-corrected chi connectivity index (χ2v) is 10.0. The molecule has 0 aliphatic rings. The highest BCUT2D eigenvalue weighted by Crippen LogP contribution is 2.36. The Morgan fingerprint density at radius 3 is 1.52 bits per heavy atom. The Labute approximate surface area is 152 Å². The van der Waals surface area contributed by atoms with Crippen LogP contribution in [0.3, 0.4) is 0 Å². The first-order chi connectivity index (χ1) is 11.1. The van der Waals surface area contributed by atoms with Crippen LogP contribution in [-0.4, -0.2) is 77.7 Å². The Kier molecular flexibility index (Phi) is 8.49. The first kappa shape index (κ1) is 19.3. The topological polar surface area (TPSA) is 132 Å². The number of aliphatic hydroxyl groups is 4. The highest BCUT2D eigenvalue weighted by atomic mass is 32.2. The van der Waals surface area contributed by atoms with E-state index in [1.54, 1.807) is 0 Å². The minimum absolute atomic E-state index is 0.274. The van der Waals surface area contributed by atoms with Crippen molar-refractivity contribution in [3.8, 4) is 0 Å². The minimum atomic E-state index is -0.767. The first-order valence-electron chi connectivity index (χ1n) is 6.29. The molecule has 0 amide bonds. The van der Waals surface area contributed by atoms with E-state index in [-0.39, 0.29) is 13.2 Å². The summed E-state index contributed by atoms with van der Waals surface area (Å²) in [7, 11) is 0. The smallest absolute Gasteiger partial charge is 0.182 e. The summed E-state index contributed by atoms with van der Waals surface area (Å²) in [5.41, 5.74) is 0. The summed E-state index contributed by atoms with van der Waals surface area (Å²) >= 11 is 6.79. The highest BCUT2D eigenvalue weighted by Gasteiger charge is 2.13. The van der Waals surface area contributed by atoms with Gasteiger partial charge in [0, 0.05) is 11.5 Å². The zero-order valence-electron chi connectivity index (χ0n) is 11.6. The molecule has 4 N–H and O–H groups in total. The molecule has 0 saturated heterocycles. The molecule has 2 aromatic rings. The predicted octanol–water partition coefficient (Wildman–Crippen LogP) is 0.431. The summed E-state index contributed by atoms with van der Waals surface area (Å²) in [6.45, 7) is -0.548. The Morgan fingerprint density at radius 2 is 1.13 bits per heavy atom. The van der Waals surface area contributed by atoms with Crippen LogP contribution in [0, 0.1) is 0 Å². The summed E-state index contributed by atoms with van der Waals surface area (Å²) in [6.07, 6.45) is -1.53. The van der Waals surface area contributed by atoms with Crippen molar-refractivity contribution in [3.05, 3.63) is 0 Å². The van der Waals surface area contributed by atoms with E-state index in [2.05, 4.69) is 20.4 Å². The molecule has 0 saturated carbocycles. The van der Waals surface area contributed by atoms with Gasteiger partial charge in [-0.15, -0.1) is 20.4 Å². The number of aromatic nitrogens is 4. The van der Waals surface area contributed by atoms with Crippen molar-refractivity contribution in [1.82, 2.24) is 20.4 Å². The molecule has 2 heterocycles. The molecule has 0 aliphatic carbocycles.